The van der Waals surface area contributed by atoms with Crippen LogP contribution in [-0.4, -0.2) is 60.1 Å². The van der Waals surface area contributed by atoms with E-state index in [9.17, 15) is 9.18 Å². The standard InChI is InChI=1S/C24H32FN5O2/c1-16(18-5-7-22(25)23(13-18)32-3)28-21-6-4-19(12-21)20-14-26-24(27-15-20)30-10-8-29(9-11-30)17(2)31/h5,7,13-16,19,21,28H,4,6,8-12H2,1-3H3/t16?,19-,21+/m1/s1. The number of ether oxygens (including phenoxy) is 1. The Kier molecular flexibility index (Phi) is 6.89. The van der Waals surface area contributed by atoms with Gasteiger partial charge in [0.05, 0.1) is 7.11 Å². The van der Waals surface area contributed by atoms with E-state index >= 15 is 0 Å². The number of rotatable bonds is 6. The predicted octanol–water partition coefficient (Wildman–Crippen LogP) is 3.28. The molecule has 8 heteroatoms. The van der Waals surface area contributed by atoms with Gasteiger partial charge in [-0.2, -0.15) is 0 Å². The quantitative estimate of drug-likeness (QED) is 0.742. The molecule has 1 saturated heterocycles. The zero-order chi connectivity index (χ0) is 22.7. The number of amides is 1. The molecule has 1 unspecified atom stereocenters. The molecule has 0 spiro atoms. The number of piperazine rings is 1. The van der Waals surface area contributed by atoms with Crippen LogP contribution in [0.3, 0.4) is 0 Å². The largest absolute Gasteiger partial charge is 0.494 e. The molecule has 0 bridgehead atoms. The second-order valence-electron chi connectivity index (χ2n) is 8.80. The Labute approximate surface area is 189 Å². The summed E-state index contributed by atoms with van der Waals surface area (Å²) < 4.78 is 18.8. The van der Waals surface area contributed by atoms with Gasteiger partial charge >= 0.3 is 0 Å². The predicted molar refractivity (Wildman–Crippen MR) is 121 cm³/mol. The molecule has 2 aromatic rings. The lowest BCUT2D eigenvalue weighted by Gasteiger charge is -2.34. The number of hydrogen-bond acceptors (Lipinski definition) is 6. The van der Waals surface area contributed by atoms with Crippen molar-refractivity contribution >= 4 is 11.9 Å². The van der Waals surface area contributed by atoms with Crippen molar-refractivity contribution < 1.29 is 13.9 Å². The van der Waals surface area contributed by atoms with Crippen LogP contribution in [0.5, 0.6) is 5.75 Å². The van der Waals surface area contributed by atoms with E-state index in [1.165, 1.54) is 18.7 Å². The van der Waals surface area contributed by atoms with E-state index in [1.54, 1.807) is 13.0 Å². The fraction of sp³-hybridized carbons (Fsp3) is 0.542. The number of hydrogen-bond donors (Lipinski definition) is 1. The van der Waals surface area contributed by atoms with Gasteiger partial charge in [0.1, 0.15) is 0 Å². The van der Waals surface area contributed by atoms with Crippen molar-refractivity contribution in [2.75, 3.05) is 38.2 Å². The molecule has 32 heavy (non-hydrogen) atoms. The molecule has 2 aliphatic rings. The van der Waals surface area contributed by atoms with Crippen LogP contribution >= 0.6 is 0 Å². The number of anilines is 1. The number of halogens is 1. The summed E-state index contributed by atoms with van der Waals surface area (Å²) in [4.78, 5) is 24.7. The molecule has 2 fully saturated rings. The molecule has 172 valence electrons. The minimum absolute atomic E-state index is 0.112. The summed E-state index contributed by atoms with van der Waals surface area (Å²) in [6.45, 7) is 6.68. The number of carbonyl (C=O) groups is 1. The Hall–Kier alpha value is -2.74. The third-order valence-corrected chi connectivity index (χ3v) is 6.73. The number of aromatic nitrogens is 2. The smallest absolute Gasteiger partial charge is 0.225 e. The normalized spacial score (nSPS) is 22.1. The lowest BCUT2D eigenvalue weighted by Crippen LogP contribution is -2.48. The molecule has 2 heterocycles. The summed E-state index contributed by atoms with van der Waals surface area (Å²) >= 11 is 0. The number of nitrogens with one attached hydrogen (secondary N) is 1. The van der Waals surface area contributed by atoms with Gasteiger partial charge in [0, 0.05) is 57.6 Å². The van der Waals surface area contributed by atoms with Gasteiger partial charge in [-0.3, -0.25) is 4.79 Å². The second-order valence-corrected chi connectivity index (χ2v) is 8.80. The highest BCUT2D eigenvalue weighted by Crippen LogP contribution is 2.35. The second kappa shape index (κ2) is 9.81. The summed E-state index contributed by atoms with van der Waals surface area (Å²) in [5.74, 6) is 1.24. The molecule has 1 aliphatic carbocycles. The summed E-state index contributed by atoms with van der Waals surface area (Å²) in [6, 6.07) is 5.54. The zero-order valence-corrected chi connectivity index (χ0v) is 19.1. The van der Waals surface area contributed by atoms with Gasteiger partial charge < -0.3 is 19.9 Å². The first-order valence-corrected chi connectivity index (χ1v) is 11.4. The Morgan fingerprint density at radius 1 is 1.19 bits per heavy atom. The van der Waals surface area contributed by atoms with Crippen molar-refractivity contribution in [1.29, 1.82) is 0 Å². The third kappa shape index (κ3) is 5.01. The molecule has 3 atom stereocenters. The van der Waals surface area contributed by atoms with Crippen LogP contribution in [0.4, 0.5) is 10.3 Å². The highest BCUT2D eigenvalue weighted by molar-refractivity contribution is 5.73. The first-order chi connectivity index (χ1) is 15.4. The van der Waals surface area contributed by atoms with Crippen molar-refractivity contribution in [2.24, 2.45) is 0 Å². The zero-order valence-electron chi connectivity index (χ0n) is 19.1. The van der Waals surface area contributed by atoms with E-state index in [2.05, 4.69) is 27.1 Å². The van der Waals surface area contributed by atoms with E-state index in [-0.39, 0.29) is 23.5 Å². The molecule has 0 radical (unpaired) electrons. The number of nitrogens with zero attached hydrogens (tertiary/aromatic N) is 4. The maximum absolute atomic E-state index is 13.7. The monoisotopic (exact) mass is 441 g/mol. The summed E-state index contributed by atoms with van der Waals surface area (Å²) in [6.07, 6.45) is 7.13. The van der Waals surface area contributed by atoms with Gasteiger partial charge in [0.2, 0.25) is 11.9 Å². The van der Waals surface area contributed by atoms with Crippen molar-refractivity contribution in [3.63, 3.8) is 0 Å². The number of methoxy groups -OCH3 is 1. The summed E-state index contributed by atoms with van der Waals surface area (Å²) in [7, 11) is 1.49. The maximum atomic E-state index is 13.7. The lowest BCUT2D eigenvalue weighted by molar-refractivity contribution is -0.129. The average Bonchev–Trinajstić information content (AvgIpc) is 3.28. The van der Waals surface area contributed by atoms with Gasteiger partial charge in [-0.05, 0) is 55.4 Å². The Morgan fingerprint density at radius 2 is 1.91 bits per heavy atom. The average molecular weight is 442 g/mol. The van der Waals surface area contributed by atoms with Crippen LogP contribution in [0.1, 0.15) is 56.2 Å². The molecular formula is C24H32FN5O2. The molecule has 1 saturated carbocycles. The Morgan fingerprint density at radius 3 is 2.56 bits per heavy atom. The fourth-order valence-corrected chi connectivity index (χ4v) is 4.76. The third-order valence-electron chi connectivity index (χ3n) is 6.73. The molecule has 1 amide bonds. The van der Waals surface area contributed by atoms with E-state index < -0.39 is 0 Å². The highest BCUT2D eigenvalue weighted by atomic mass is 19.1. The van der Waals surface area contributed by atoms with E-state index in [0.717, 1.165) is 43.9 Å². The van der Waals surface area contributed by atoms with E-state index in [1.807, 2.05) is 23.4 Å². The molecule has 1 N–H and O–H groups in total. The first kappa shape index (κ1) is 22.5. The van der Waals surface area contributed by atoms with E-state index in [4.69, 9.17) is 4.74 Å². The Bertz CT molecular complexity index is 930. The van der Waals surface area contributed by atoms with Crippen LogP contribution in [-0.2, 0) is 4.79 Å². The van der Waals surface area contributed by atoms with Gasteiger partial charge in [-0.1, -0.05) is 6.07 Å². The minimum Gasteiger partial charge on any atom is -0.494 e. The van der Waals surface area contributed by atoms with Gasteiger partial charge in [-0.15, -0.1) is 0 Å². The fourth-order valence-electron chi connectivity index (χ4n) is 4.76. The lowest BCUT2D eigenvalue weighted by atomic mass is 10.0. The Balaban J connectivity index is 1.31. The molecule has 7 nitrogen and oxygen atoms in total. The van der Waals surface area contributed by atoms with Crippen LogP contribution in [0, 0.1) is 5.82 Å². The highest BCUT2D eigenvalue weighted by Gasteiger charge is 2.28. The van der Waals surface area contributed by atoms with Crippen LogP contribution < -0.4 is 15.0 Å². The molecule has 1 aromatic carbocycles. The van der Waals surface area contributed by atoms with Crippen LogP contribution in [0.25, 0.3) is 0 Å². The molecule has 1 aliphatic heterocycles. The SMILES string of the molecule is COc1cc(C(C)N[C@H]2CC[C@@H](c3cnc(N4CCN(C(C)=O)CC4)nc3)C2)ccc1F. The van der Waals surface area contributed by atoms with E-state index in [0.29, 0.717) is 25.0 Å². The number of carbonyl (C=O) groups excluding carboxylic acids is 1. The molecule has 4 rings (SSSR count). The summed E-state index contributed by atoms with van der Waals surface area (Å²) in [5, 5.41) is 3.68. The van der Waals surface area contributed by atoms with Gasteiger partial charge in [-0.25, -0.2) is 14.4 Å². The maximum Gasteiger partial charge on any atom is 0.225 e. The van der Waals surface area contributed by atoms with Crippen molar-refractivity contribution in [1.82, 2.24) is 20.2 Å². The van der Waals surface area contributed by atoms with Crippen molar-refractivity contribution in [3.8, 4) is 5.75 Å². The van der Waals surface area contributed by atoms with Gasteiger partial charge in [0.25, 0.3) is 0 Å². The summed E-state index contributed by atoms with van der Waals surface area (Å²) in [5.41, 5.74) is 2.20. The molecule has 1 aromatic heterocycles. The van der Waals surface area contributed by atoms with Crippen LogP contribution in [0.15, 0.2) is 30.6 Å². The minimum atomic E-state index is -0.339. The van der Waals surface area contributed by atoms with Crippen molar-refractivity contribution in [3.05, 3.63) is 47.5 Å². The molecular weight excluding hydrogens is 409 g/mol. The first-order valence-electron chi connectivity index (χ1n) is 11.4. The van der Waals surface area contributed by atoms with Crippen LogP contribution in [0.2, 0.25) is 0 Å². The van der Waals surface area contributed by atoms with Crippen molar-refractivity contribution in [2.45, 2.75) is 51.1 Å². The van der Waals surface area contributed by atoms with Gasteiger partial charge in [0.15, 0.2) is 11.6 Å². The number of benzene rings is 1. The topological polar surface area (TPSA) is 70.6 Å².